The van der Waals surface area contributed by atoms with Gasteiger partial charge in [-0.2, -0.15) is 0 Å². The van der Waals surface area contributed by atoms with E-state index in [0.29, 0.717) is 25.8 Å². The molecule has 7 heteroatoms. The molecule has 5 rings (SSSR count). The van der Waals surface area contributed by atoms with Crippen molar-refractivity contribution in [3.05, 3.63) is 0 Å². The first kappa shape index (κ1) is 30.3. The van der Waals surface area contributed by atoms with E-state index < -0.39 is 18.2 Å². The molecular weight excluding hydrogens is 506 g/mol. The zero-order valence-electron chi connectivity index (χ0n) is 25.2. The van der Waals surface area contributed by atoms with Gasteiger partial charge in [-0.3, -0.25) is 9.59 Å². The van der Waals surface area contributed by atoms with Crippen molar-refractivity contribution in [2.24, 2.45) is 57.5 Å². The maximum absolute atomic E-state index is 13.1. The Bertz CT molecular complexity index is 934. The zero-order chi connectivity index (χ0) is 28.9. The van der Waals surface area contributed by atoms with Crippen LogP contribution in [0.15, 0.2) is 0 Å². The van der Waals surface area contributed by atoms with Crippen molar-refractivity contribution < 1.29 is 29.6 Å². The van der Waals surface area contributed by atoms with Crippen LogP contribution in [0.5, 0.6) is 0 Å². The molecule has 5 aliphatic rings. The number of rotatable bonds is 8. The Labute approximate surface area is 241 Å². The summed E-state index contributed by atoms with van der Waals surface area (Å²) in [7, 11) is 0. The summed E-state index contributed by atoms with van der Waals surface area (Å²) in [6.07, 6.45) is 11.8. The Morgan fingerprint density at radius 1 is 0.975 bits per heavy atom. The average Bonchev–Trinajstić information content (AvgIpc) is 3.27. The molecule has 11 atom stereocenters. The second-order valence-corrected chi connectivity index (χ2v) is 15.3. The first-order valence-electron chi connectivity index (χ1n) is 16.4. The minimum Gasteiger partial charge on any atom is -0.481 e. The molecule has 0 aromatic rings. The molecule has 5 N–H and O–H groups in total. The van der Waals surface area contributed by atoms with Crippen LogP contribution >= 0.6 is 0 Å². The van der Waals surface area contributed by atoms with Gasteiger partial charge in [0, 0.05) is 6.42 Å². The number of hydrogen-bond acceptors (Lipinski definition) is 6. The molecule has 0 amide bonds. The number of aliphatic hydroxyl groups is 2. The molecule has 0 heterocycles. The first-order chi connectivity index (χ1) is 18.9. The molecule has 0 aromatic carbocycles. The van der Waals surface area contributed by atoms with Gasteiger partial charge in [-0.05, 0) is 123 Å². The molecular formula is C33H55NO6. The number of aliphatic carboxylic acids is 1. The highest BCUT2D eigenvalue weighted by Crippen LogP contribution is 2.68. The lowest BCUT2D eigenvalue weighted by molar-refractivity contribution is -0.209. The molecule has 0 aliphatic heterocycles. The van der Waals surface area contributed by atoms with Crippen LogP contribution in [0.4, 0.5) is 0 Å². The van der Waals surface area contributed by atoms with E-state index in [1.54, 1.807) is 0 Å². The van der Waals surface area contributed by atoms with E-state index >= 15 is 0 Å². The van der Waals surface area contributed by atoms with Gasteiger partial charge in [0.1, 0.15) is 6.10 Å². The summed E-state index contributed by atoms with van der Waals surface area (Å²) in [4.78, 5) is 24.3. The standard InChI is InChI=1S/C33H55NO6/c1-20(7-10-28(37)38)23-8-9-24-30-25(17-27(36)32(23,24)3)31(2)14-11-22(15-21(31)16-26(30)35)40-29(39)18-33(19-34)12-5-4-6-13-33/h20-27,30,35-36H,4-19,34H2,1-3H3,(H,37,38)/t20-,21+,22-,23-,24+,25+,26-,27+,30+,31+,32-/m1/s1. The molecule has 228 valence electrons. The van der Waals surface area contributed by atoms with Gasteiger partial charge in [0.2, 0.25) is 0 Å². The summed E-state index contributed by atoms with van der Waals surface area (Å²) < 4.78 is 6.11. The van der Waals surface area contributed by atoms with Crippen molar-refractivity contribution in [2.75, 3.05) is 6.54 Å². The molecule has 0 aromatic heterocycles. The number of hydrogen-bond donors (Lipinski definition) is 4. The molecule has 40 heavy (non-hydrogen) atoms. The smallest absolute Gasteiger partial charge is 0.306 e. The average molecular weight is 562 g/mol. The summed E-state index contributed by atoms with van der Waals surface area (Å²) in [5.74, 6) is 0.601. The van der Waals surface area contributed by atoms with E-state index in [-0.39, 0.29) is 70.2 Å². The zero-order valence-corrected chi connectivity index (χ0v) is 25.2. The number of carboxylic acids is 1. The Hall–Kier alpha value is -1.18. The van der Waals surface area contributed by atoms with Gasteiger partial charge in [0.15, 0.2) is 0 Å². The van der Waals surface area contributed by atoms with Gasteiger partial charge in [0.25, 0.3) is 0 Å². The Morgan fingerprint density at radius 2 is 1.70 bits per heavy atom. The largest absolute Gasteiger partial charge is 0.481 e. The predicted octanol–water partition coefficient (Wildman–Crippen LogP) is 5.30. The molecule has 5 saturated carbocycles. The Kier molecular flexibility index (Phi) is 8.69. The number of carboxylic acid groups (broad SMARTS) is 1. The molecule has 0 saturated heterocycles. The first-order valence-corrected chi connectivity index (χ1v) is 16.4. The number of fused-ring (bicyclic) bond motifs is 5. The summed E-state index contributed by atoms with van der Waals surface area (Å²) in [6.45, 7) is 7.30. The second kappa shape index (κ2) is 11.5. The lowest BCUT2D eigenvalue weighted by Gasteiger charge is -2.63. The van der Waals surface area contributed by atoms with Crippen LogP contribution in [0.25, 0.3) is 0 Å². The predicted molar refractivity (Wildman–Crippen MR) is 153 cm³/mol. The van der Waals surface area contributed by atoms with Gasteiger partial charge in [-0.25, -0.2) is 0 Å². The third kappa shape index (κ3) is 5.25. The third-order valence-electron chi connectivity index (χ3n) is 13.5. The van der Waals surface area contributed by atoms with E-state index in [4.69, 9.17) is 10.5 Å². The van der Waals surface area contributed by atoms with Crippen LogP contribution in [0, 0.1) is 51.8 Å². The van der Waals surface area contributed by atoms with Crippen LogP contribution in [-0.2, 0) is 14.3 Å². The second-order valence-electron chi connectivity index (χ2n) is 15.3. The lowest BCUT2D eigenvalue weighted by atomic mass is 9.43. The fraction of sp³-hybridized carbons (Fsp3) is 0.939. The van der Waals surface area contributed by atoms with Crippen LogP contribution in [-0.4, -0.2) is 52.1 Å². The number of carbonyl (C=O) groups is 2. The van der Waals surface area contributed by atoms with Crippen molar-refractivity contribution in [3.63, 3.8) is 0 Å². The quantitative estimate of drug-likeness (QED) is 0.296. The minimum atomic E-state index is -0.758. The van der Waals surface area contributed by atoms with E-state index in [9.17, 15) is 24.9 Å². The van der Waals surface area contributed by atoms with Crippen molar-refractivity contribution >= 4 is 11.9 Å². The highest BCUT2D eigenvalue weighted by atomic mass is 16.5. The van der Waals surface area contributed by atoms with Crippen molar-refractivity contribution in [2.45, 2.75) is 135 Å². The molecule has 0 spiro atoms. The highest BCUT2D eigenvalue weighted by Gasteiger charge is 2.65. The third-order valence-corrected chi connectivity index (χ3v) is 13.5. The monoisotopic (exact) mass is 561 g/mol. The maximum atomic E-state index is 13.1. The van der Waals surface area contributed by atoms with Crippen molar-refractivity contribution in [1.29, 1.82) is 0 Å². The normalized spacial score (nSPS) is 45.0. The number of ether oxygens (including phenoxy) is 1. The van der Waals surface area contributed by atoms with E-state index in [1.807, 2.05) is 0 Å². The molecule has 5 aliphatic carbocycles. The topological polar surface area (TPSA) is 130 Å². The molecule has 0 bridgehead atoms. The van der Waals surface area contributed by atoms with E-state index in [0.717, 1.165) is 64.2 Å². The minimum absolute atomic E-state index is 0.0178. The van der Waals surface area contributed by atoms with Crippen molar-refractivity contribution in [3.8, 4) is 0 Å². The molecule has 5 fully saturated rings. The maximum Gasteiger partial charge on any atom is 0.306 e. The van der Waals surface area contributed by atoms with Crippen molar-refractivity contribution in [1.82, 2.24) is 0 Å². The van der Waals surface area contributed by atoms with Gasteiger partial charge in [-0.1, -0.05) is 40.0 Å². The van der Waals surface area contributed by atoms with Gasteiger partial charge in [0.05, 0.1) is 18.6 Å². The van der Waals surface area contributed by atoms with Crippen LogP contribution < -0.4 is 5.73 Å². The van der Waals surface area contributed by atoms with Gasteiger partial charge >= 0.3 is 11.9 Å². The number of carbonyl (C=O) groups excluding carboxylic acids is 1. The lowest BCUT2D eigenvalue weighted by Crippen LogP contribution is -2.62. The number of nitrogens with two attached hydrogens (primary N) is 1. The van der Waals surface area contributed by atoms with E-state index in [2.05, 4.69) is 20.8 Å². The highest BCUT2D eigenvalue weighted by molar-refractivity contribution is 5.70. The number of aliphatic hydroxyl groups excluding tert-OH is 2. The molecule has 0 unspecified atom stereocenters. The van der Waals surface area contributed by atoms with Crippen LogP contribution in [0.2, 0.25) is 0 Å². The van der Waals surface area contributed by atoms with Gasteiger partial charge in [-0.15, -0.1) is 0 Å². The summed E-state index contributed by atoms with van der Waals surface area (Å²) in [6, 6.07) is 0. The fourth-order valence-corrected chi connectivity index (χ4v) is 11.1. The Balaban J connectivity index is 1.26. The van der Waals surface area contributed by atoms with Crippen LogP contribution in [0.3, 0.4) is 0 Å². The van der Waals surface area contributed by atoms with Crippen LogP contribution in [0.1, 0.15) is 117 Å². The number of esters is 1. The Morgan fingerprint density at radius 3 is 2.38 bits per heavy atom. The van der Waals surface area contributed by atoms with Gasteiger partial charge < -0.3 is 25.8 Å². The molecule has 0 radical (unpaired) electrons. The molecule has 7 nitrogen and oxygen atoms in total. The fourth-order valence-electron chi connectivity index (χ4n) is 11.1. The summed E-state index contributed by atoms with van der Waals surface area (Å²) >= 11 is 0. The van der Waals surface area contributed by atoms with E-state index in [1.165, 1.54) is 6.42 Å². The summed E-state index contributed by atoms with van der Waals surface area (Å²) in [5, 5.41) is 32.7. The SMILES string of the molecule is C[C@H](CCC(=O)O)[C@H]1CC[C@H]2[C@@H]3[C@H](O)C[C@@H]4C[C@H](OC(=O)CC5(CN)CCCCC5)CC[C@]4(C)[C@H]3C[C@H](O)[C@]12C. The summed E-state index contributed by atoms with van der Waals surface area (Å²) in [5.41, 5.74) is 5.77.